The van der Waals surface area contributed by atoms with Crippen LogP contribution in [0.3, 0.4) is 0 Å². The summed E-state index contributed by atoms with van der Waals surface area (Å²) in [5.74, 6) is -0.723. The SMILES string of the molecule is CCOc1cc(NC(=O)[C@@H]2CC=CC[C@H]2O)ccc1S(=O)(=O)Nc1cccc(C)c1. The van der Waals surface area contributed by atoms with Crippen molar-refractivity contribution in [3.05, 3.63) is 60.2 Å². The van der Waals surface area contributed by atoms with Gasteiger partial charge in [0.15, 0.2) is 0 Å². The van der Waals surface area contributed by atoms with E-state index < -0.39 is 22.0 Å². The molecule has 7 nitrogen and oxygen atoms in total. The fourth-order valence-electron chi connectivity index (χ4n) is 3.31. The fraction of sp³-hybridized carbons (Fsp3) is 0.318. The molecule has 0 unspecified atom stereocenters. The Morgan fingerprint density at radius 1 is 1.13 bits per heavy atom. The number of carbonyl (C=O) groups excluding carboxylic acids is 1. The first kappa shape index (κ1) is 21.9. The lowest BCUT2D eigenvalue weighted by Crippen LogP contribution is -2.33. The molecule has 0 spiro atoms. The minimum Gasteiger partial charge on any atom is -0.492 e. The molecule has 1 aliphatic rings. The van der Waals surface area contributed by atoms with E-state index in [2.05, 4.69) is 10.0 Å². The van der Waals surface area contributed by atoms with Gasteiger partial charge < -0.3 is 15.2 Å². The largest absolute Gasteiger partial charge is 0.492 e. The average Bonchev–Trinajstić information content (AvgIpc) is 2.68. The molecule has 3 rings (SSSR count). The number of aliphatic hydroxyl groups excluding tert-OH is 1. The highest BCUT2D eigenvalue weighted by Gasteiger charge is 2.28. The number of nitrogens with one attached hydrogen (secondary N) is 2. The molecule has 30 heavy (non-hydrogen) atoms. The third kappa shape index (κ3) is 5.20. The van der Waals surface area contributed by atoms with E-state index in [4.69, 9.17) is 4.74 Å². The molecule has 8 heteroatoms. The van der Waals surface area contributed by atoms with E-state index in [1.54, 1.807) is 25.1 Å². The molecular formula is C22H26N2O5S. The molecule has 0 bridgehead atoms. The number of anilines is 2. The van der Waals surface area contributed by atoms with Crippen molar-refractivity contribution in [1.29, 1.82) is 0 Å². The van der Waals surface area contributed by atoms with Crippen molar-refractivity contribution in [1.82, 2.24) is 0 Å². The van der Waals surface area contributed by atoms with Crippen LogP contribution in [-0.2, 0) is 14.8 Å². The van der Waals surface area contributed by atoms with E-state index in [0.717, 1.165) is 5.56 Å². The Hall–Kier alpha value is -2.84. The third-order valence-corrected chi connectivity index (χ3v) is 6.23. The van der Waals surface area contributed by atoms with Gasteiger partial charge in [0.25, 0.3) is 10.0 Å². The van der Waals surface area contributed by atoms with E-state index >= 15 is 0 Å². The summed E-state index contributed by atoms with van der Waals surface area (Å²) in [4.78, 5) is 12.5. The summed E-state index contributed by atoms with van der Waals surface area (Å²) in [6.07, 6.45) is 3.87. The fourth-order valence-corrected chi connectivity index (χ4v) is 4.49. The highest BCUT2D eigenvalue weighted by Crippen LogP contribution is 2.30. The predicted molar refractivity (Wildman–Crippen MR) is 116 cm³/mol. The summed E-state index contributed by atoms with van der Waals surface area (Å²) in [5, 5.41) is 12.8. The number of carbonyl (C=O) groups is 1. The van der Waals surface area contributed by atoms with Crippen molar-refractivity contribution in [2.24, 2.45) is 5.92 Å². The number of sulfonamides is 1. The summed E-state index contributed by atoms with van der Waals surface area (Å²) >= 11 is 0. The minimum atomic E-state index is -3.89. The van der Waals surface area contributed by atoms with Crippen LogP contribution in [0.2, 0.25) is 0 Å². The van der Waals surface area contributed by atoms with Crippen molar-refractivity contribution >= 4 is 27.3 Å². The first-order chi connectivity index (χ1) is 14.3. The maximum absolute atomic E-state index is 12.9. The van der Waals surface area contributed by atoms with E-state index in [1.165, 1.54) is 18.2 Å². The summed E-state index contributed by atoms with van der Waals surface area (Å²) in [6.45, 7) is 3.89. The van der Waals surface area contributed by atoms with E-state index in [9.17, 15) is 18.3 Å². The quantitative estimate of drug-likeness (QED) is 0.584. The van der Waals surface area contributed by atoms with Gasteiger partial charge in [-0.05, 0) is 56.5 Å². The van der Waals surface area contributed by atoms with Crippen LogP contribution in [0.15, 0.2) is 59.5 Å². The number of benzene rings is 2. The standard InChI is InChI=1S/C22H26N2O5S/c1-3-29-20-14-16(23-22(26)18-9-4-5-10-19(18)25)11-12-21(20)30(27,28)24-17-8-6-7-15(2)13-17/h4-8,11-14,18-19,24-25H,3,9-10H2,1-2H3,(H,23,26)/t18-,19-/m1/s1. The van der Waals surface area contributed by atoms with Crippen LogP contribution >= 0.6 is 0 Å². The summed E-state index contributed by atoms with van der Waals surface area (Å²) in [7, 11) is -3.89. The molecular weight excluding hydrogens is 404 g/mol. The smallest absolute Gasteiger partial charge is 0.265 e. The molecule has 0 fully saturated rings. The maximum atomic E-state index is 12.9. The zero-order chi connectivity index (χ0) is 21.7. The number of aliphatic hydroxyl groups is 1. The Kier molecular flexibility index (Phi) is 6.79. The molecule has 1 aliphatic carbocycles. The second-order valence-corrected chi connectivity index (χ2v) is 8.83. The molecule has 2 atom stereocenters. The monoisotopic (exact) mass is 430 g/mol. The zero-order valence-corrected chi connectivity index (χ0v) is 17.8. The van der Waals surface area contributed by atoms with Crippen molar-refractivity contribution in [3.63, 3.8) is 0 Å². The Labute approximate surface area is 176 Å². The second-order valence-electron chi connectivity index (χ2n) is 7.18. The molecule has 0 saturated heterocycles. The van der Waals surface area contributed by atoms with Crippen molar-refractivity contribution in [2.75, 3.05) is 16.6 Å². The first-order valence-electron chi connectivity index (χ1n) is 9.80. The minimum absolute atomic E-state index is 0.0236. The number of hydrogen-bond donors (Lipinski definition) is 3. The highest BCUT2D eigenvalue weighted by atomic mass is 32.2. The molecule has 0 aromatic heterocycles. The Morgan fingerprint density at radius 2 is 1.90 bits per heavy atom. The van der Waals surface area contributed by atoms with Crippen LogP contribution in [0.1, 0.15) is 25.3 Å². The van der Waals surface area contributed by atoms with Gasteiger partial charge in [0.05, 0.1) is 18.6 Å². The average molecular weight is 431 g/mol. The third-order valence-electron chi connectivity index (χ3n) is 4.81. The molecule has 160 valence electrons. The van der Waals surface area contributed by atoms with Crippen LogP contribution in [0.5, 0.6) is 5.75 Å². The topological polar surface area (TPSA) is 105 Å². The lowest BCUT2D eigenvalue weighted by molar-refractivity contribution is -0.123. The van der Waals surface area contributed by atoms with Gasteiger partial charge in [-0.15, -0.1) is 0 Å². The van der Waals surface area contributed by atoms with Gasteiger partial charge in [-0.2, -0.15) is 0 Å². The highest BCUT2D eigenvalue weighted by molar-refractivity contribution is 7.92. The number of hydrogen-bond acceptors (Lipinski definition) is 5. The van der Waals surface area contributed by atoms with E-state index in [0.29, 0.717) is 24.2 Å². The molecule has 0 heterocycles. The van der Waals surface area contributed by atoms with Gasteiger partial charge in [-0.1, -0.05) is 24.3 Å². The van der Waals surface area contributed by atoms with Gasteiger partial charge in [-0.25, -0.2) is 8.42 Å². The summed E-state index contributed by atoms with van der Waals surface area (Å²) in [5.41, 5.74) is 1.78. The number of aryl methyl sites for hydroxylation is 1. The number of ether oxygens (including phenoxy) is 1. The molecule has 0 radical (unpaired) electrons. The van der Waals surface area contributed by atoms with Gasteiger partial charge in [0.2, 0.25) is 5.91 Å². The van der Waals surface area contributed by atoms with E-state index in [1.807, 2.05) is 25.1 Å². The van der Waals surface area contributed by atoms with Crippen LogP contribution in [0.25, 0.3) is 0 Å². The predicted octanol–water partition coefficient (Wildman–Crippen LogP) is 3.46. The molecule has 2 aromatic rings. The number of rotatable bonds is 7. The normalized spacial score (nSPS) is 18.6. The Morgan fingerprint density at radius 3 is 2.60 bits per heavy atom. The van der Waals surface area contributed by atoms with Crippen LogP contribution < -0.4 is 14.8 Å². The molecule has 0 saturated carbocycles. The van der Waals surface area contributed by atoms with Crippen LogP contribution in [0, 0.1) is 12.8 Å². The molecule has 1 amide bonds. The first-order valence-corrected chi connectivity index (χ1v) is 11.3. The molecule has 2 aromatic carbocycles. The van der Waals surface area contributed by atoms with Gasteiger partial charge in [0.1, 0.15) is 10.6 Å². The Bertz CT molecular complexity index is 1050. The van der Waals surface area contributed by atoms with Gasteiger partial charge >= 0.3 is 0 Å². The van der Waals surface area contributed by atoms with Crippen molar-refractivity contribution in [2.45, 2.75) is 37.7 Å². The van der Waals surface area contributed by atoms with Gasteiger partial charge in [0, 0.05) is 17.4 Å². The summed E-state index contributed by atoms with van der Waals surface area (Å²) < 4.78 is 33.9. The number of amides is 1. The van der Waals surface area contributed by atoms with Gasteiger partial charge in [-0.3, -0.25) is 9.52 Å². The van der Waals surface area contributed by atoms with Crippen LogP contribution in [-0.4, -0.2) is 32.1 Å². The Balaban J connectivity index is 1.84. The van der Waals surface area contributed by atoms with Crippen LogP contribution in [0.4, 0.5) is 11.4 Å². The lowest BCUT2D eigenvalue weighted by Gasteiger charge is -2.23. The van der Waals surface area contributed by atoms with Crippen molar-refractivity contribution in [3.8, 4) is 5.75 Å². The number of allylic oxidation sites excluding steroid dienone is 1. The molecule has 3 N–H and O–H groups in total. The molecule has 0 aliphatic heterocycles. The lowest BCUT2D eigenvalue weighted by atomic mass is 9.90. The maximum Gasteiger partial charge on any atom is 0.265 e. The zero-order valence-electron chi connectivity index (χ0n) is 17.0. The van der Waals surface area contributed by atoms with Crippen molar-refractivity contribution < 1.29 is 23.1 Å². The van der Waals surface area contributed by atoms with E-state index in [-0.39, 0.29) is 23.2 Å². The summed E-state index contributed by atoms with van der Waals surface area (Å²) in [6, 6.07) is 11.4. The second kappa shape index (κ2) is 9.32.